The quantitative estimate of drug-likeness (QED) is 0.485. The predicted octanol–water partition coefficient (Wildman–Crippen LogP) is 5.09. The monoisotopic (exact) mass is 405 g/mol. The molecule has 0 bridgehead atoms. The van der Waals surface area contributed by atoms with Gasteiger partial charge in [0.2, 0.25) is 0 Å². The summed E-state index contributed by atoms with van der Waals surface area (Å²) in [7, 11) is 0. The summed E-state index contributed by atoms with van der Waals surface area (Å²) < 4.78 is 2.91. The molecule has 0 unspecified atom stereocenters. The van der Waals surface area contributed by atoms with E-state index in [-0.39, 0.29) is 5.57 Å². The summed E-state index contributed by atoms with van der Waals surface area (Å²) in [6.07, 6.45) is 3.49. The summed E-state index contributed by atoms with van der Waals surface area (Å²) in [6, 6.07) is 21.0. The number of hydrogen-bond acceptors (Lipinski definition) is 2. The van der Waals surface area contributed by atoms with Gasteiger partial charge in [0.25, 0.3) is 5.91 Å². The molecule has 0 saturated carbocycles. The third-order valence-electron chi connectivity index (χ3n) is 3.94. The lowest BCUT2D eigenvalue weighted by Crippen LogP contribution is -2.14. The van der Waals surface area contributed by atoms with Crippen molar-refractivity contribution in [3.05, 3.63) is 88.2 Å². The number of hydrogen-bond donors (Lipinski definition) is 1. The Hall–Kier alpha value is -3.10. The Labute approximate surface area is 160 Å². The molecule has 5 heteroatoms. The minimum absolute atomic E-state index is 0.0466. The summed E-state index contributed by atoms with van der Waals surface area (Å²) in [5.41, 5.74) is 3.38. The van der Waals surface area contributed by atoms with E-state index < -0.39 is 5.91 Å². The van der Waals surface area contributed by atoms with E-state index in [2.05, 4.69) is 21.2 Å². The lowest BCUT2D eigenvalue weighted by molar-refractivity contribution is -0.112. The first-order valence-electron chi connectivity index (χ1n) is 8.00. The molecule has 0 saturated heterocycles. The second-order valence-corrected chi connectivity index (χ2v) is 6.63. The standard InChI is InChI=1S/C21H16BrN3O/c1-15-5-2-3-7-20(15)24-21(26)16(14-23)13-19-6-4-12-25(19)18-10-8-17(22)9-11-18/h2-13H,1H3,(H,24,26)/b16-13-. The summed E-state index contributed by atoms with van der Waals surface area (Å²) in [5.74, 6) is -0.426. The number of anilines is 1. The van der Waals surface area contributed by atoms with Crippen molar-refractivity contribution < 1.29 is 4.79 Å². The molecule has 3 rings (SSSR count). The van der Waals surface area contributed by atoms with Crippen LogP contribution in [0.25, 0.3) is 11.8 Å². The van der Waals surface area contributed by atoms with Crippen LogP contribution in [0.1, 0.15) is 11.3 Å². The summed E-state index contributed by atoms with van der Waals surface area (Å²) in [6.45, 7) is 1.91. The fraction of sp³-hybridized carbons (Fsp3) is 0.0476. The Morgan fingerprint density at radius 2 is 1.85 bits per heavy atom. The SMILES string of the molecule is Cc1ccccc1NC(=O)/C(C#N)=C\c1cccn1-c1ccc(Br)cc1. The molecule has 3 aromatic rings. The molecule has 0 aliphatic carbocycles. The van der Waals surface area contributed by atoms with Gasteiger partial charge in [0, 0.05) is 27.7 Å². The number of aryl methyl sites for hydroxylation is 1. The van der Waals surface area contributed by atoms with Crippen LogP contribution >= 0.6 is 15.9 Å². The molecule has 0 aliphatic heterocycles. The van der Waals surface area contributed by atoms with E-state index in [0.717, 1.165) is 21.4 Å². The number of nitriles is 1. The van der Waals surface area contributed by atoms with Gasteiger partial charge in [0.05, 0.1) is 0 Å². The van der Waals surface area contributed by atoms with E-state index in [9.17, 15) is 10.1 Å². The van der Waals surface area contributed by atoms with Gasteiger partial charge in [0.1, 0.15) is 11.6 Å². The van der Waals surface area contributed by atoms with Crippen molar-refractivity contribution in [3.63, 3.8) is 0 Å². The molecule has 0 radical (unpaired) electrons. The second-order valence-electron chi connectivity index (χ2n) is 5.72. The first-order chi connectivity index (χ1) is 12.6. The average Bonchev–Trinajstić information content (AvgIpc) is 3.10. The minimum atomic E-state index is -0.426. The normalized spacial score (nSPS) is 11.0. The van der Waals surface area contributed by atoms with Gasteiger partial charge in [-0.15, -0.1) is 0 Å². The zero-order valence-electron chi connectivity index (χ0n) is 14.1. The van der Waals surface area contributed by atoms with Gasteiger partial charge in [-0.3, -0.25) is 4.79 Å². The van der Waals surface area contributed by atoms with Crippen LogP contribution in [0.15, 0.2) is 76.9 Å². The molecular formula is C21H16BrN3O. The maximum Gasteiger partial charge on any atom is 0.266 e. The van der Waals surface area contributed by atoms with Crippen LogP contribution in [0, 0.1) is 18.3 Å². The molecule has 0 spiro atoms. The molecule has 1 heterocycles. The zero-order chi connectivity index (χ0) is 18.5. The van der Waals surface area contributed by atoms with Gasteiger partial charge >= 0.3 is 0 Å². The molecule has 1 aromatic heterocycles. The topological polar surface area (TPSA) is 57.8 Å². The van der Waals surface area contributed by atoms with Crippen LogP contribution < -0.4 is 5.32 Å². The number of amides is 1. The maximum absolute atomic E-state index is 12.5. The number of rotatable bonds is 4. The van der Waals surface area contributed by atoms with Crippen molar-refractivity contribution in [1.29, 1.82) is 5.26 Å². The first kappa shape index (κ1) is 17.7. The van der Waals surface area contributed by atoms with Crippen LogP contribution in [0.2, 0.25) is 0 Å². The molecule has 26 heavy (non-hydrogen) atoms. The molecular weight excluding hydrogens is 390 g/mol. The fourth-order valence-electron chi connectivity index (χ4n) is 2.55. The zero-order valence-corrected chi connectivity index (χ0v) is 15.7. The fourth-order valence-corrected chi connectivity index (χ4v) is 2.81. The van der Waals surface area contributed by atoms with E-state index in [0.29, 0.717) is 5.69 Å². The van der Waals surface area contributed by atoms with Gasteiger partial charge in [-0.2, -0.15) is 5.26 Å². The van der Waals surface area contributed by atoms with E-state index in [4.69, 9.17) is 0 Å². The van der Waals surface area contributed by atoms with Crippen molar-refractivity contribution in [2.45, 2.75) is 6.92 Å². The third-order valence-corrected chi connectivity index (χ3v) is 4.46. The molecule has 128 valence electrons. The number of halogens is 1. The predicted molar refractivity (Wildman–Crippen MR) is 107 cm³/mol. The summed E-state index contributed by atoms with van der Waals surface area (Å²) >= 11 is 3.42. The van der Waals surface area contributed by atoms with Crippen LogP contribution in [0.4, 0.5) is 5.69 Å². The highest BCUT2D eigenvalue weighted by Gasteiger charge is 2.12. The third kappa shape index (κ3) is 3.93. The number of benzene rings is 2. The Kier molecular flexibility index (Phi) is 5.35. The molecule has 4 nitrogen and oxygen atoms in total. The highest BCUT2D eigenvalue weighted by atomic mass is 79.9. The van der Waals surface area contributed by atoms with E-state index >= 15 is 0 Å². The van der Waals surface area contributed by atoms with Crippen LogP contribution in [0.5, 0.6) is 0 Å². The van der Waals surface area contributed by atoms with Crippen molar-refractivity contribution in [2.24, 2.45) is 0 Å². The Morgan fingerprint density at radius 1 is 1.12 bits per heavy atom. The average molecular weight is 406 g/mol. The van der Waals surface area contributed by atoms with Crippen molar-refractivity contribution in [2.75, 3.05) is 5.32 Å². The molecule has 0 atom stereocenters. The number of para-hydroxylation sites is 1. The molecule has 0 fully saturated rings. The number of carbonyl (C=O) groups excluding carboxylic acids is 1. The van der Waals surface area contributed by atoms with Crippen LogP contribution in [0.3, 0.4) is 0 Å². The minimum Gasteiger partial charge on any atom is -0.321 e. The Morgan fingerprint density at radius 3 is 2.54 bits per heavy atom. The Balaban J connectivity index is 1.90. The second kappa shape index (κ2) is 7.85. The first-order valence-corrected chi connectivity index (χ1v) is 8.80. The number of nitrogens with zero attached hydrogens (tertiary/aromatic N) is 2. The van der Waals surface area contributed by atoms with Crippen LogP contribution in [-0.4, -0.2) is 10.5 Å². The maximum atomic E-state index is 12.5. The van der Waals surface area contributed by atoms with Gasteiger partial charge in [-0.05, 0) is 61.0 Å². The van der Waals surface area contributed by atoms with Crippen molar-refractivity contribution in [1.82, 2.24) is 4.57 Å². The van der Waals surface area contributed by atoms with Crippen molar-refractivity contribution >= 4 is 33.6 Å². The smallest absolute Gasteiger partial charge is 0.266 e. The number of aromatic nitrogens is 1. The molecule has 1 amide bonds. The van der Waals surface area contributed by atoms with E-state index in [1.165, 1.54) is 0 Å². The lowest BCUT2D eigenvalue weighted by Gasteiger charge is -2.09. The van der Waals surface area contributed by atoms with Gasteiger partial charge in [0.15, 0.2) is 0 Å². The lowest BCUT2D eigenvalue weighted by atomic mass is 10.1. The van der Waals surface area contributed by atoms with Gasteiger partial charge in [-0.1, -0.05) is 34.1 Å². The van der Waals surface area contributed by atoms with Gasteiger partial charge < -0.3 is 9.88 Å². The molecule has 0 aliphatic rings. The highest BCUT2D eigenvalue weighted by Crippen LogP contribution is 2.19. The summed E-state index contributed by atoms with van der Waals surface area (Å²) in [4.78, 5) is 12.5. The Bertz CT molecular complexity index is 1010. The molecule has 1 N–H and O–H groups in total. The van der Waals surface area contributed by atoms with E-state index in [1.54, 1.807) is 6.08 Å². The molecule has 2 aromatic carbocycles. The van der Waals surface area contributed by atoms with Gasteiger partial charge in [-0.25, -0.2) is 0 Å². The number of carbonyl (C=O) groups is 1. The highest BCUT2D eigenvalue weighted by molar-refractivity contribution is 9.10. The van der Waals surface area contributed by atoms with E-state index in [1.807, 2.05) is 84.4 Å². The van der Waals surface area contributed by atoms with Crippen molar-refractivity contribution in [3.8, 4) is 11.8 Å². The number of nitrogens with one attached hydrogen (secondary N) is 1. The van der Waals surface area contributed by atoms with Crippen LogP contribution in [-0.2, 0) is 4.79 Å². The summed E-state index contributed by atoms with van der Waals surface area (Å²) in [5, 5.41) is 12.2. The largest absolute Gasteiger partial charge is 0.321 e.